The smallest absolute Gasteiger partial charge is 0.316 e. The van der Waals surface area contributed by atoms with Gasteiger partial charge in [0.15, 0.2) is 6.61 Å². The van der Waals surface area contributed by atoms with Crippen molar-refractivity contribution in [1.82, 2.24) is 10.8 Å². The van der Waals surface area contributed by atoms with E-state index in [1.807, 2.05) is 0 Å². The second-order valence-corrected chi connectivity index (χ2v) is 3.49. The summed E-state index contributed by atoms with van der Waals surface area (Å²) in [5.74, 6) is -0.313. The average Bonchev–Trinajstić information content (AvgIpc) is 2.54. The van der Waals surface area contributed by atoms with Crippen molar-refractivity contribution in [2.75, 3.05) is 19.7 Å². The summed E-state index contributed by atoms with van der Waals surface area (Å²) in [6, 6.07) is 0. The Labute approximate surface area is 85.1 Å². The number of hydroxylamine groups is 1. The third kappa shape index (κ3) is 5.58. The summed E-state index contributed by atoms with van der Waals surface area (Å²) >= 11 is 0. The standard InChI is InChI=1S/C8H13F3N2O2/c9-8(10,11)5-15-13-7(14)3-6-1-2-12-4-6/h6,12H,1-5H2,(H,13,14). The van der Waals surface area contributed by atoms with Crippen LogP contribution in [-0.2, 0) is 9.63 Å². The van der Waals surface area contributed by atoms with Gasteiger partial charge in [0.05, 0.1) is 0 Å². The maximum absolute atomic E-state index is 11.6. The molecule has 0 bridgehead atoms. The topological polar surface area (TPSA) is 50.4 Å². The van der Waals surface area contributed by atoms with Crippen LogP contribution in [0.3, 0.4) is 0 Å². The molecule has 1 fully saturated rings. The number of amides is 1. The van der Waals surface area contributed by atoms with Gasteiger partial charge in [-0.05, 0) is 25.4 Å². The van der Waals surface area contributed by atoms with Gasteiger partial charge in [0.1, 0.15) is 0 Å². The molecule has 1 rings (SSSR count). The van der Waals surface area contributed by atoms with Crippen molar-refractivity contribution in [2.45, 2.75) is 19.0 Å². The Morgan fingerprint density at radius 2 is 2.27 bits per heavy atom. The second-order valence-electron chi connectivity index (χ2n) is 3.49. The van der Waals surface area contributed by atoms with Crippen LogP contribution in [0.2, 0.25) is 0 Å². The molecular weight excluding hydrogens is 213 g/mol. The van der Waals surface area contributed by atoms with Crippen LogP contribution < -0.4 is 10.8 Å². The summed E-state index contributed by atoms with van der Waals surface area (Å²) in [6.07, 6.45) is -3.35. The van der Waals surface area contributed by atoms with Gasteiger partial charge in [-0.25, -0.2) is 5.48 Å². The van der Waals surface area contributed by atoms with Crippen LogP contribution >= 0.6 is 0 Å². The Morgan fingerprint density at radius 1 is 1.53 bits per heavy atom. The van der Waals surface area contributed by atoms with Crippen molar-refractivity contribution in [3.05, 3.63) is 0 Å². The lowest BCUT2D eigenvalue weighted by Gasteiger charge is -2.10. The van der Waals surface area contributed by atoms with Crippen LogP contribution in [0.5, 0.6) is 0 Å². The summed E-state index contributed by atoms with van der Waals surface area (Å²) in [7, 11) is 0. The molecule has 0 aromatic heterocycles. The van der Waals surface area contributed by atoms with E-state index in [0.717, 1.165) is 19.5 Å². The average molecular weight is 226 g/mol. The molecule has 0 aliphatic carbocycles. The molecule has 1 amide bonds. The van der Waals surface area contributed by atoms with Gasteiger partial charge in [-0.1, -0.05) is 0 Å². The third-order valence-corrected chi connectivity index (χ3v) is 2.06. The lowest BCUT2D eigenvalue weighted by atomic mass is 10.1. The van der Waals surface area contributed by atoms with E-state index in [0.29, 0.717) is 0 Å². The lowest BCUT2D eigenvalue weighted by molar-refractivity contribution is -0.191. The van der Waals surface area contributed by atoms with Gasteiger partial charge < -0.3 is 5.32 Å². The van der Waals surface area contributed by atoms with E-state index in [1.54, 1.807) is 5.48 Å². The highest BCUT2D eigenvalue weighted by Gasteiger charge is 2.28. The zero-order valence-corrected chi connectivity index (χ0v) is 8.06. The van der Waals surface area contributed by atoms with Crippen LogP contribution in [0, 0.1) is 5.92 Å². The van der Waals surface area contributed by atoms with Crippen LogP contribution in [0.15, 0.2) is 0 Å². The monoisotopic (exact) mass is 226 g/mol. The molecule has 0 aromatic carbocycles. The fourth-order valence-corrected chi connectivity index (χ4v) is 1.39. The number of nitrogens with one attached hydrogen (secondary N) is 2. The predicted octanol–water partition coefficient (Wildman–Crippen LogP) is 0.596. The minimum Gasteiger partial charge on any atom is -0.316 e. The fourth-order valence-electron chi connectivity index (χ4n) is 1.39. The Bertz CT molecular complexity index is 214. The Hall–Kier alpha value is -0.820. The van der Waals surface area contributed by atoms with Crippen molar-refractivity contribution < 1.29 is 22.8 Å². The van der Waals surface area contributed by atoms with E-state index < -0.39 is 18.7 Å². The van der Waals surface area contributed by atoms with Crippen molar-refractivity contribution >= 4 is 5.91 Å². The molecule has 88 valence electrons. The molecule has 7 heteroatoms. The molecule has 0 saturated carbocycles. The summed E-state index contributed by atoms with van der Waals surface area (Å²) in [5, 5.41) is 3.06. The summed E-state index contributed by atoms with van der Waals surface area (Å²) in [6.45, 7) is 0.121. The minimum absolute atomic E-state index is 0.194. The van der Waals surface area contributed by atoms with E-state index in [2.05, 4.69) is 10.2 Å². The van der Waals surface area contributed by atoms with Crippen molar-refractivity contribution in [2.24, 2.45) is 5.92 Å². The van der Waals surface area contributed by atoms with E-state index in [1.165, 1.54) is 0 Å². The SMILES string of the molecule is O=C(CC1CCNC1)NOCC(F)(F)F. The number of halogens is 3. The van der Waals surface area contributed by atoms with E-state index in [4.69, 9.17) is 0 Å². The van der Waals surface area contributed by atoms with E-state index in [-0.39, 0.29) is 12.3 Å². The van der Waals surface area contributed by atoms with Crippen molar-refractivity contribution in [3.63, 3.8) is 0 Å². The molecular formula is C8H13F3N2O2. The second kappa shape index (κ2) is 5.32. The highest BCUT2D eigenvalue weighted by Crippen LogP contribution is 2.14. The Balaban J connectivity index is 2.08. The Morgan fingerprint density at radius 3 is 2.80 bits per heavy atom. The molecule has 15 heavy (non-hydrogen) atoms. The fraction of sp³-hybridized carbons (Fsp3) is 0.875. The lowest BCUT2D eigenvalue weighted by Crippen LogP contribution is -2.30. The molecule has 0 radical (unpaired) electrons. The highest BCUT2D eigenvalue weighted by molar-refractivity contribution is 5.75. The Kier molecular flexibility index (Phi) is 4.34. The summed E-state index contributed by atoms with van der Waals surface area (Å²) in [5.41, 5.74) is 1.78. The number of alkyl halides is 3. The molecule has 1 unspecified atom stereocenters. The molecule has 2 N–H and O–H groups in total. The van der Waals surface area contributed by atoms with Crippen LogP contribution in [-0.4, -0.2) is 31.8 Å². The molecule has 1 aliphatic rings. The largest absolute Gasteiger partial charge is 0.414 e. The first-order valence-electron chi connectivity index (χ1n) is 4.65. The van der Waals surface area contributed by atoms with Crippen LogP contribution in [0.1, 0.15) is 12.8 Å². The van der Waals surface area contributed by atoms with Gasteiger partial charge >= 0.3 is 6.18 Å². The van der Waals surface area contributed by atoms with E-state index in [9.17, 15) is 18.0 Å². The number of hydrogen-bond acceptors (Lipinski definition) is 3. The normalized spacial score (nSPS) is 21.7. The van der Waals surface area contributed by atoms with Crippen LogP contribution in [0.4, 0.5) is 13.2 Å². The van der Waals surface area contributed by atoms with E-state index >= 15 is 0 Å². The molecule has 0 aromatic rings. The molecule has 1 aliphatic heterocycles. The maximum atomic E-state index is 11.6. The van der Waals surface area contributed by atoms with Crippen molar-refractivity contribution in [1.29, 1.82) is 0 Å². The number of rotatable bonds is 4. The highest BCUT2D eigenvalue weighted by atomic mass is 19.4. The first-order valence-corrected chi connectivity index (χ1v) is 4.65. The molecule has 0 spiro atoms. The molecule has 1 atom stereocenters. The molecule has 1 saturated heterocycles. The van der Waals surface area contributed by atoms with Crippen molar-refractivity contribution in [3.8, 4) is 0 Å². The zero-order chi connectivity index (χ0) is 11.3. The predicted molar refractivity (Wildman–Crippen MR) is 45.7 cm³/mol. The summed E-state index contributed by atoms with van der Waals surface area (Å²) < 4.78 is 34.9. The third-order valence-electron chi connectivity index (χ3n) is 2.06. The minimum atomic E-state index is -4.41. The number of carbonyl (C=O) groups is 1. The van der Waals surface area contributed by atoms with Gasteiger partial charge in [0.25, 0.3) is 0 Å². The summed E-state index contributed by atoms with van der Waals surface area (Å²) in [4.78, 5) is 15.1. The first kappa shape index (κ1) is 12.3. The number of carbonyl (C=O) groups excluding carboxylic acids is 1. The van der Waals surface area contributed by atoms with Gasteiger partial charge in [0.2, 0.25) is 5.91 Å². The first-order chi connectivity index (χ1) is 6.97. The van der Waals surface area contributed by atoms with Gasteiger partial charge in [0, 0.05) is 6.42 Å². The van der Waals surface area contributed by atoms with Gasteiger partial charge in [-0.15, -0.1) is 0 Å². The molecule has 4 nitrogen and oxygen atoms in total. The molecule has 1 heterocycles. The quantitative estimate of drug-likeness (QED) is 0.690. The maximum Gasteiger partial charge on any atom is 0.414 e. The zero-order valence-electron chi connectivity index (χ0n) is 8.06. The van der Waals surface area contributed by atoms with Gasteiger partial charge in [-0.3, -0.25) is 9.63 Å². The van der Waals surface area contributed by atoms with Crippen LogP contribution in [0.25, 0.3) is 0 Å². The number of hydrogen-bond donors (Lipinski definition) is 2. The van der Waals surface area contributed by atoms with Gasteiger partial charge in [-0.2, -0.15) is 13.2 Å².